The first-order valence-electron chi connectivity index (χ1n) is 7.74. The molecule has 11 heteroatoms. The van der Waals surface area contributed by atoms with Crippen LogP contribution < -0.4 is 16.0 Å². The number of carbonyl (C=O) groups excluding carboxylic acids is 3. The Hall–Kier alpha value is -3.76. The van der Waals surface area contributed by atoms with Crippen molar-refractivity contribution >= 4 is 35.0 Å². The van der Waals surface area contributed by atoms with Gasteiger partial charge < -0.3 is 10.3 Å². The average molecular weight is 356 g/mol. The highest BCUT2D eigenvalue weighted by Crippen LogP contribution is 2.15. The van der Waals surface area contributed by atoms with Crippen molar-refractivity contribution in [3.63, 3.8) is 0 Å². The molecule has 3 aromatic rings. The van der Waals surface area contributed by atoms with Crippen LogP contribution in [0, 0.1) is 0 Å². The lowest BCUT2D eigenvalue weighted by Gasteiger charge is -2.00. The van der Waals surface area contributed by atoms with Crippen LogP contribution in [0.3, 0.4) is 0 Å². The molecule has 0 spiro atoms. The van der Waals surface area contributed by atoms with Gasteiger partial charge in [-0.1, -0.05) is 0 Å². The van der Waals surface area contributed by atoms with Crippen LogP contribution in [0.2, 0.25) is 0 Å². The van der Waals surface area contributed by atoms with Gasteiger partial charge >= 0.3 is 6.03 Å². The van der Waals surface area contributed by atoms with E-state index in [1.807, 2.05) is 6.92 Å². The number of imide groups is 1. The van der Waals surface area contributed by atoms with E-state index < -0.39 is 11.8 Å². The molecule has 3 aromatic heterocycles. The Morgan fingerprint density at radius 2 is 2.04 bits per heavy atom. The Morgan fingerprint density at radius 1 is 1.23 bits per heavy atom. The number of nitrogens with zero attached hydrogens (tertiary/aromatic N) is 4. The van der Waals surface area contributed by atoms with Crippen molar-refractivity contribution in [3.05, 3.63) is 30.4 Å². The molecular formula is C15H16N8O3. The molecule has 4 amide bonds. The number of rotatable bonds is 4. The average Bonchev–Trinajstić information content (AvgIpc) is 3.20. The van der Waals surface area contributed by atoms with Crippen LogP contribution >= 0.6 is 0 Å². The van der Waals surface area contributed by atoms with Gasteiger partial charge in [-0.3, -0.25) is 24.8 Å². The van der Waals surface area contributed by atoms with Crippen molar-refractivity contribution in [2.24, 2.45) is 0 Å². The molecule has 0 unspecified atom stereocenters. The summed E-state index contributed by atoms with van der Waals surface area (Å²) < 4.78 is 1.53. The summed E-state index contributed by atoms with van der Waals surface area (Å²) in [5.74, 6) is -0.316. The van der Waals surface area contributed by atoms with Gasteiger partial charge in [0.1, 0.15) is 17.8 Å². The summed E-state index contributed by atoms with van der Waals surface area (Å²) in [5, 5.41) is 7.31. The van der Waals surface area contributed by atoms with E-state index in [4.69, 9.17) is 0 Å². The molecule has 0 fully saturated rings. The number of amides is 4. The Labute approximate surface area is 147 Å². The molecule has 0 aromatic carbocycles. The summed E-state index contributed by atoms with van der Waals surface area (Å²) in [5.41, 5.74) is 1.11. The topological polar surface area (TPSA) is 147 Å². The maximum atomic E-state index is 11.8. The van der Waals surface area contributed by atoms with E-state index in [0.29, 0.717) is 23.5 Å². The Bertz CT molecular complexity index is 990. The summed E-state index contributed by atoms with van der Waals surface area (Å²) in [6, 6.07) is 3.07. The molecule has 11 nitrogen and oxygen atoms in total. The first-order valence-corrected chi connectivity index (χ1v) is 7.74. The van der Waals surface area contributed by atoms with Crippen LogP contribution in [0.4, 0.5) is 10.7 Å². The van der Waals surface area contributed by atoms with E-state index in [2.05, 4.69) is 35.9 Å². The second kappa shape index (κ2) is 7.01. The summed E-state index contributed by atoms with van der Waals surface area (Å²) in [7, 11) is 0. The van der Waals surface area contributed by atoms with E-state index in [1.54, 1.807) is 12.1 Å². The normalized spacial score (nSPS) is 10.5. The number of hydrogen-bond acceptors (Lipinski definition) is 6. The van der Waals surface area contributed by atoms with Gasteiger partial charge in [0, 0.05) is 19.7 Å². The molecule has 0 aliphatic heterocycles. The van der Waals surface area contributed by atoms with Gasteiger partial charge in [-0.05, 0) is 19.1 Å². The summed E-state index contributed by atoms with van der Waals surface area (Å²) >= 11 is 0. The minimum atomic E-state index is -0.592. The number of hydrogen-bond donors (Lipinski definition) is 4. The van der Waals surface area contributed by atoms with Crippen molar-refractivity contribution in [3.8, 4) is 5.82 Å². The van der Waals surface area contributed by atoms with Crippen LogP contribution in [0.1, 0.15) is 24.3 Å². The Morgan fingerprint density at radius 3 is 2.77 bits per heavy atom. The predicted octanol–water partition coefficient (Wildman–Crippen LogP) is 0.561. The molecule has 0 bridgehead atoms. The van der Waals surface area contributed by atoms with E-state index in [9.17, 15) is 14.4 Å². The van der Waals surface area contributed by atoms with Gasteiger partial charge in [-0.2, -0.15) is 4.98 Å². The monoisotopic (exact) mass is 356 g/mol. The smallest absolute Gasteiger partial charge is 0.321 e. The Balaban J connectivity index is 1.83. The molecule has 0 saturated carbocycles. The maximum absolute atomic E-state index is 11.8. The van der Waals surface area contributed by atoms with Crippen molar-refractivity contribution in [1.82, 2.24) is 35.1 Å². The summed E-state index contributed by atoms with van der Waals surface area (Å²) in [4.78, 5) is 49.7. The van der Waals surface area contributed by atoms with Gasteiger partial charge in [0.2, 0.25) is 11.9 Å². The van der Waals surface area contributed by atoms with Gasteiger partial charge in [-0.25, -0.2) is 14.8 Å². The van der Waals surface area contributed by atoms with Crippen molar-refractivity contribution in [2.75, 3.05) is 11.9 Å². The summed E-state index contributed by atoms with van der Waals surface area (Å²) in [6.45, 7) is 3.55. The quantitative estimate of drug-likeness (QED) is 0.537. The number of fused-ring (bicyclic) bond motifs is 1. The van der Waals surface area contributed by atoms with Crippen LogP contribution in [0.5, 0.6) is 0 Å². The van der Waals surface area contributed by atoms with Crippen LogP contribution in [0.25, 0.3) is 17.0 Å². The van der Waals surface area contributed by atoms with E-state index >= 15 is 0 Å². The third-order valence-corrected chi connectivity index (χ3v) is 3.27. The standard InChI is InChI=1S/C15H16N8O3/c1-3-16-15(26)22-14-19-9-4-5-11(20-12(9)21-14)23-6-10(17-7-23)13(25)18-8(2)24/h4-7H,3H2,1-2H3,(H,18,24,25)(H3,16,19,20,21,22,26). The molecule has 0 aliphatic carbocycles. The zero-order valence-corrected chi connectivity index (χ0v) is 14.0. The minimum Gasteiger partial charge on any atom is -0.338 e. The number of anilines is 1. The number of imidazole rings is 2. The second-order valence-electron chi connectivity index (χ2n) is 5.29. The van der Waals surface area contributed by atoms with E-state index in [0.717, 1.165) is 0 Å². The fraction of sp³-hybridized carbons (Fsp3) is 0.200. The summed E-state index contributed by atoms with van der Waals surface area (Å²) in [6.07, 6.45) is 2.86. The molecule has 0 saturated heterocycles. The molecular weight excluding hydrogens is 340 g/mol. The van der Waals surface area contributed by atoms with Gasteiger partial charge in [0.25, 0.3) is 5.91 Å². The van der Waals surface area contributed by atoms with Crippen LogP contribution in [0.15, 0.2) is 24.7 Å². The van der Waals surface area contributed by atoms with Crippen LogP contribution in [-0.2, 0) is 4.79 Å². The largest absolute Gasteiger partial charge is 0.338 e. The SMILES string of the molecule is CCNC(=O)Nc1nc2nc(-n3cnc(C(=O)NC(C)=O)c3)ccc2[nH]1. The molecule has 26 heavy (non-hydrogen) atoms. The van der Waals surface area contributed by atoms with Crippen molar-refractivity contribution < 1.29 is 14.4 Å². The number of urea groups is 1. The number of pyridine rings is 1. The molecule has 4 N–H and O–H groups in total. The molecule has 3 heterocycles. The zero-order chi connectivity index (χ0) is 18.7. The van der Waals surface area contributed by atoms with Gasteiger partial charge in [0.15, 0.2) is 5.65 Å². The third kappa shape index (κ3) is 3.66. The molecule has 0 radical (unpaired) electrons. The van der Waals surface area contributed by atoms with Gasteiger partial charge in [0.05, 0.1) is 5.52 Å². The number of carbonyl (C=O) groups is 3. The second-order valence-corrected chi connectivity index (χ2v) is 5.29. The van der Waals surface area contributed by atoms with Crippen LogP contribution in [-0.4, -0.2) is 48.9 Å². The van der Waals surface area contributed by atoms with E-state index in [-0.39, 0.29) is 17.7 Å². The lowest BCUT2D eigenvalue weighted by Crippen LogP contribution is -2.28. The fourth-order valence-corrected chi connectivity index (χ4v) is 2.19. The molecule has 0 aliphatic rings. The highest BCUT2D eigenvalue weighted by atomic mass is 16.2. The maximum Gasteiger partial charge on any atom is 0.321 e. The lowest BCUT2D eigenvalue weighted by atomic mass is 10.4. The van der Waals surface area contributed by atoms with Crippen molar-refractivity contribution in [2.45, 2.75) is 13.8 Å². The number of nitrogens with one attached hydrogen (secondary N) is 4. The number of aromatic amines is 1. The zero-order valence-electron chi connectivity index (χ0n) is 14.0. The molecule has 134 valence electrons. The highest BCUT2D eigenvalue weighted by Gasteiger charge is 2.13. The lowest BCUT2D eigenvalue weighted by molar-refractivity contribution is -0.118. The Kier molecular flexibility index (Phi) is 4.60. The number of H-pyrrole nitrogens is 1. The first kappa shape index (κ1) is 17.1. The molecule has 0 atom stereocenters. The van der Waals surface area contributed by atoms with Crippen molar-refractivity contribution in [1.29, 1.82) is 0 Å². The minimum absolute atomic E-state index is 0.0858. The van der Waals surface area contributed by atoms with Gasteiger partial charge in [-0.15, -0.1) is 0 Å². The third-order valence-electron chi connectivity index (χ3n) is 3.27. The highest BCUT2D eigenvalue weighted by molar-refractivity contribution is 6.02. The first-order chi connectivity index (χ1) is 12.5. The van der Waals surface area contributed by atoms with E-state index in [1.165, 1.54) is 24.0 Å². The molecule has 3 rings (SSSR count). The number of aromatic nitrogens is 5. The fourth-order valence-electron chi connectivity index (χ4n) is 2.19. The predicted molar refractivity (Wildman–Crippen MR) is 91.9 cm³/mol.